The Morgan fingerprint density at radius 1 is 1.13 bits per heavy atom. The van der Waals surface area contributed by atoms with Crippen molar-refractivity contribution in [3.63, 3.8) is 0 Å². The van der Waals surface area contributed by atoms with Crippen molar-refractivity contribution in [2.75, 3.05) is 30.4 Å². The van der Waals surface area contributed by atoms with Crippen LogP contribution in [-0.2, 0) is 0 Å². The Labute approximate surface area is 143 Å². The molecule has 2 nitrogen and oxygen atoms in total. The van der Waals surface area contributed by atoms with Gasteiger partial charge in [0.15, 0.2) is 0 Å². The van der Waals surface area contributed by atoms with Crippen LogP contribution in [0.3, 0.4) is 0 Å². The summed E-state index contributed by atoms with van der Waals surface area (Å²) in [5.74, 6) is 0.653. The molecule has 0 atom stereocenters. The Morgan fingerprint density at radius 2 is 1.83 bits per heavy atom. The maximum Gasteiger partial charge on any atom is 0.0498 e. The molecule has 0 unspecified atom stereocenters. The maximum absolute atomic E-state index is 6.30. The fraction of sp³-hybridized carbons (Fsp3) is 0.300. The lowest BCUT2D eigenvalue weighted by atomic mass is 9.89. The van der Waals surface area contributed by atoms with E-state index in [1.807, 2.05) is 13.1 Å². The molecule has 1 fully saturated rings. The van der Waals surface area contributed by atoms with E-state index in [-0.39, 0.29) is 0 Å². The summed E-state index contributed by atoms with van der Waals surface area (Å²) in [5.41, 5.74) is 4.83. The average molecular weight is 327 g/mol. The van der Waals surface area contributed by atoms with Crippen molar-refractivity contribution in [3.05, 3.63) is 65.2 Å². The van der Waals surface area contributed by atoms with Crippen LogP contribution in [0.4, 0.5) is 11.4 Å². The Morgan fingerprint density at radius 3 is 2.39 bits per heavy atom. The van der Waals surface area contributed by atoms with Gasteiger partial charge >= 0.3 is 0 Å². The number of hydrogen-bond acceptors (Lipinski definition) is 2. The number of rotatable bonds is 4. The Balaban J connectivity index is 1.65. The molecular weight excluding hydrogens is 304 g/mol. The Bertz CT molecular complexity index is 671. The first kappa shape index (κ1) is 15.9. The van der Waals surface area contributed by atoms with E-state index in [1.54, 1.807) is 6.08 Å². The SMILES string of the molecule is C=Cc1ccc(N2CCC(c3ccc(NC)cc3)CC2)cc1Cl. The van der Waals surface area contributed by atoms with Crippen LogP contribution in [0, 0.1) is 0 Å². The average Bonchev–Trinajstić information content (AvgIpc) is 2.62. The van der Waals surface area contributed by atoms with Gasteiger partial charge in [0.1, 0.15) is 0 Å². The van der Waals surface area contributed by atoms with Crippen molar-refractivity contribution in [3.8, 4) is 0 Å². The van der Waals surface area contributed by atoms with Gasteiger partial charge in [-0.05, 0) is 54.2 Å². The minimum Gasteiger partial charge on any atom is -0.388 e. The highest BCUT2D eigenvalue weighted by atomic mass is 35.5. The zero-order chi connectivity index (χ0) is 16.2. The van der Waals surface area contributed by atoms with Crippen molar-refractivity contribution in [1.29, 1.82) is 0 Å². The molecule has 2 aromatic rings. The van der Waals surface area contributed by atoms with Crippen molar-refractivity contribution in [1.82, 2.24) is 0 Å². The van der Waals surface area contributed by atoms with Gasteiger partial charge in [-0.25, -0.2) is 0 Å². The monoisotopic (exact) mass is 326 g/mol. The summed E-state index contributed by atoms with van der Waals surface area (Å²) in [6, 6.07) is 15.1. The first-order valence-corrected chi connectivity index (χ1v) is 8.53. The van der Waals surface area contributed by atoms with Crippen molar-refractivity contribution in [2.45, 2.75) is 18.8 Å². The molecule has 0 bridgehead atoms. The van der Waals surface area contributed by atoms with Crippen LogP contribution >= 0.6 is 11.6 Å². The molecular formula is C20H23ClN2. The number of benzene rings is 2. The molecule has 120 valence electrons. The highest BCUT2D eigenvalue weighted by Crippen LogP contribution is 2.32. The summed E-state index contributed by atoms with van der Waals surface area (Å²) in [5, 5.41) is 3.95. The maximum atomic E-state index is 6.30. The number of nitrogens with zero attached hydrogens (tertiary/aromatic N) is 1. The fourth-order valence-electron chi connectivity index (χ4n) is 3.27. The van der Waals surface area contributed by atoms with Crippen LogP contribution < -0.4 is 10.2 Å². The summed E-state index contributed by atoms with van der Waals surface area (Å²) in [6.45, 7) is 5.93. The van der Waals surface area contributed by atoms with E-state index in [0.717, 1.165) is 23.7 Å². The zero-order valence-electron chi connectivity index (χ0n) is 13.6. The number of nitrogens with one attached hydrogen (secondary N) is 1. The molecule has 1 heterocycles. The molecule has 0 aromatic heterocycles. The summed E-state index contributed by atoms with van der Waals surface area (Å²) in [4.78, 5) is 2.43. The van der Waals surface area contributed by atoms with Crippen LogP contribution in [0.1, 0.15) is 29.9 Å². The van der Waals surface area contributed by atoms with Gasteiger partial charge in [-0.15, -0.1) is 0 Å². The van der Waals surface area contributed by atoms with E-state index in [2.05, 4.69) is 53.2 Å². The lowest BCUT2D eigenvalue weighted by Crippen LogP contribution is -2.32. The van der Waals surface area contributed by atoms with E-state index in [4.69, 9.17) is 11.6 Å². The molecule has 2 aromatic carbocycles. The molecule has 1 saturated heterocycles. The molecule has 1 aliphatic heterocycles. The third-order valence-electron chi connectivity index (χ3n) is 4.73. The molecule has 0 radical (unpaired) electrons. The number of hydrogen-bond donors (Lipinski definition) is 1. The first-order valence-electron chi connectivity index (χ1n) is 8.16. The molecule has 0 saturated carbocycles. The van der Waals surface area contributed by atoms with E-state index < -0.39 is 0 Å². The van der Waals surface area contributed by atoms with Crippen molar-refractivity contribution >= 4 is 29.1 Å². The van der Waals surface area contributed by atoms with Gasteiger partial charge in [-0.3, -0.25) is 0 Å². The quantitative estimate of drug-likeness (QED) is 0.808. The molecule has 0 amide bonds. The van der Waals surface area contributed by atoms with E-state index >= 15 is 0 Å². The topological polar surface area (TPSA) is 15.3 Å². The van der Waals surface area contributed by atoms with Crippen LogP contribution in [0.2, 0.25) is 5.02 Å². The lowest BCUT2D eigenvalue weighted by Gasteiger charge is -2.34. The second kappa shape index (κ2) is 7.10. The fourth-order valence-corrected chi connectivity index (χ4v) is 3.52. The van der Waals surface area contributed by atoms with Crippen molar-refractivity contribution in [2.24, 2.45) is 0 Å². The van der Waals surface area contributed by atoms with E-state index in [9.17, 15) is 0 Å². The first-order chi connectivity index (χ1) is 11.2. The predicted octanol–water partition coefficient (Wildman–Crippen LogP) is 5.41. The minimum absolute atomic E-state index is 0.653. The van der Waals surface area contributed by atoms with Gasteiger partial charge < -0.3 is 10.2 Å². The number of halogens is 1. The Kier molecular flexibility index (Phi) is 4.92. The number of anilines is 2. The van der Waals surface area contributed by atoms with Gasteiger partial charge in [0.05, 0.1) is 0 Å². The second-order valence-corrected chi connectivity index (χ2v) is 6.45. The molecule has 3 rings (SSSR count). The molecule has 1 aliphatic rings. The molecule has 0 spiro atoms. The molecule has 3 heteroatoms. The summed E-state index contributed by atoms with van der Waals surface area (Å²) in [6.07, 6.45) is 4.16. The third kappa shape index (κ3) is 3.53. The lowest BCUT2D eigenvalue weighted by molar-refractivity contribution is 0.505. The zero-order valence-corrected chi connectivity index (χ0v) is 14.3. The van der Waals surface area contributed by atoms with Gasteiger partial charge in [-0.1, -0.05) is 42.5 Å². The highest BCUT2D eigenvalue weighted by molar-refractivity contribution is 6.32. The summed E-state index contributed by atoms with van der Waals surface area (Å²) in [7, 11) is 1.95. The standard InChI is InChI=1S/C20H23ClN2/c1-3-15-6-9-19(14-20(15)21)23-12-10-17(11-13-23)16-4-7-18(22-2)8-5-16/h3-9,14,17,22H,1,10-13H2,2H3. The van der Waals surface area contributed by atoms with Crippen LogP contribution in [-0.4, -0.2) is 20.1 Å². The van der Waals surface area contributed by atoms with Crippen LogP contribution in [0.15, 0.2) is 49.0 Å². The number of piperidine rings is 1. The van der Waals surface area contributed by atoms with E-state index in [0.29, 0.717) is 5.92 Å². The van der Waals surface area contributed by atoms with Crippen molar-refractivity contribution < 1.29 is 0 Å². The van der Waals surface area contributed by atoms with Crippen LogP contribution in [0.25, 0.3) is 6.08 Å². The second-order valence-electron chi connectivity index (χ2n) is 6.04. The molecule has 23 heavy (non-hydrogen) atoms. The smallest absolute Gasteiger partial charge is 0.0498 e. The van der Waals surface area contributed by atoms with Gasteiger partial charge in [0, 0.05) is 36.5 Å². The summed E-state index contributed by atoms with van der Waals surface area (Å²) < 4.78 is 0. The predicted molar refractivity (Wildman–Crippen MR) is 102 cm³/mol. The van der Waals surface area contributed by atoms with E-state index in [1.165, 1.54) is 29.8 Å². The summed E-state index contributed by atoms with van der Waals surface area (Å²) >= 11 is 6.30. The minimum atomic E-state index is 0.653. The largest absolute Gasteiger partial charge is 0.388 e. The highest BCUT2D eigenvalue weighted by Gasteiger charge is 2.21. The van der Waals surface area contributed by atoms with Crippen LogP contribution in [0.5, 0.6) is 0 Å². The van der Waals surface area contributed by atoms with Gasteiger partial charge in [0.25, 0.3) is 0 Å². The Hall–Kier alpha value is -1.93. The molecule has 1 N–H and O–H groups in total. The van der Waals surface area contributed by atoms with Gasteiger partial charge in [-0.2, -0.15) is 0 Å². The normalized spacial score (nSPS) is 15.5. The molecule has 0 aliphatic carbocycles. The van der Waals surface area contributed by atoms with Gasteiger partial charge in [0.2, 0.25) is 0 Å². The third-order valence-corrected chi connectivity index (χ3v) is 5.06.